The zero-order valence-corrected chi connectivity index (χ0v) is 10.4. The lowest BCUT2D eigenvalue weighted by atomic mass is 10.1. The highest BCUT2D eigenvalue weighted by atomic mass is 35.5. The van der Waals surface area contributed by atoms with Crippen LogP contribution in [0.1, 0.15) is 23.3 Å². The molecule has 0 spiro atoms. The minimum Gasteiger partial charge on any atom is -0.480 e. The Balaban J connectivity index is 2.68. The molecule has 1 rings (SSSR count). The Morgan fingerprint density at radius 3 is 2.53 bits per heavy atom. The first-order valence-electron chi connectivity index (χ1n) is 5.19. The molecule has 2 amide bonds. The molecule has 8 nitrogen and oxygen atoms in total. The van der Waals surface area contributed by atoms with Gasteiger partial charge in [-0.2, -0.15) is 0 Å². The van der Waals surface area contributed by atoms with Gasteiger partial charge >= 0.3 is 5.97 Å². The SMILES string of the molecule is NC(=O)CCC(NC(=O)c1cnc(Cl)cn1)C(=O)O. The van der Waals surface area contributed by atoms with Gasteiger partial charge in [0.2, 0.25) is 5.91 Å². The molecule has 0 saturated carbocycles. The number of nitrogens with one attached hydrogen (secondary N) is 1. The predicted molar refractivity (Wildman–Crippen MR) is 64.4 cm³/mol. The largest absolute Gasteiger partial charge is 0.480 e. The second kappa shape index (κ2) is 6.64. The molecule has 0 aliphatic rings. The van der Waals surface area contributed by atoms with Crippen LogP contribution in [0.5, 0.6) is 0 Å². The average molecular weight is 287 g/mol. The second-order valence-corrected chi connectivity index (χ2v) is 3.98. The quantitative estimate of drug-likeness (QED) is 0.650. The molecule has 0 bridgehead atoms. The molecule has 0 fully saturated rings. The molecule has 9 heteroatoms. The number of carboxylic acid groups (broad SMARTS) is 1. The summed E-state index contributed by atoms with van der Waals surface area (Å²) in [4.78, 5) is 40.5. The van der Waals surface area contributed by atoms with E-state index in [4.69, 9.17) is 22.4 Å². The van der Waals surface area contributed by atoms with Crippen molar-refractivity contribution in [2.45, 2.75) is 18.9 Å². The predicted octanol–water partition coefficient (Wildman–Crippen LogP) is -0.422. The second-order valence-electron chi connectivity index (χ2n) is 3.59. The third kappa shape index (κ3) is 4.88. The van der Waals surface area contributed by atoms with Gasteiger partial charge in [0.1, 0.15) is 16.9 Å². The number of aromatic nitrogens is 2. The molecular formula is C10H11ClN4O4. The molecule has 0 saturated heterocycles. The van der Waals surface area contributed by atoms with Crippen molar-refractivity contribution >= 4 is 29.4 Å². The highest BCUT2D eigenvalue weighted by Gasteiger charge is 2.21. The number of carboxylic acids is 1. The molecule has 102 valence electrons. The minimum absolute atomic E-state index is 0.0743. The molecule has 1 aromatic heterocycles. The summed E-state index contributed by atoms with van der Waals surface area (Å²) in [6.45, 7) is 0. The van der Waals surface area contributed by atoms with Crippen molar-refractivity contribution in [3.05, 3.63) is 23.2 Å². The van der Waals surface area contributed by atoms with E-state index in [1.807, 2.05) is 0 Å². The molecule has 0 aliphatic carbocycles. The van der Waals surface area contributed by atoms with Crippen LogP contribution in [0.3, 0.4) is 0 Å². The van der Waals surface area contributed by atoms with Crippen molar-refractivity contribution in [1.29, 1.82) is 0 Å². The molecular weight excluding hydrogens is 276 g/mol. The van der Waals surface area contributed by atoms with Crippen molar-refractivity contribution < 1.29 is 19.5 Å². The number of primary amides is 1. The number of hydrogen-bond donors (Lipinski definition) is 3. The van der Waals surface area contributed by atoms with E-state index in [0.29, 0.717) is 0 Å². The summed E-state index contributed by atoms with van der Waals surface area (Å²) in [5, 5.41) is 11.2. The summed E-state index contributed by atoms with van der Waals surface area (Å²) in [5.74, 6) is -2.63. The Labute approximate surface area is 113 Å². The van der Waals surface area contributed by atoms with Gasteiger partial charge in [0, 0.05) is 6.42 Å². The number of rotatable bonds is 6. The molecule has 1 atom stereocenters. The van der Waals surface area contributed by atoms with E-state index in [1.54, 1.807) is 0 Å². The maximum absolute atomic E-state index is 11.7. The summed E-state index contributed by atoms with van der Waals surface area (Å²) in [5.41, 5.74) is 4.84. The van der Waals surface area contributed by atoms with Crippen molar-refractivity contribution in [3.63, 3.8) is 0 Å². The first-order chi connectivity index (χ1) is 8.90. The molecule has 4 N–H and O–H groups in total. The van der Waals surface area contributed by atoms with Crippen molar-refractivity contribution in [1.82, 2.24) is 15.3 Å². The van der Waals surface area contributed by atoms with Gasteiger partial charge in [-0.15, -0.1) is 0 Å². The molecule has 0 aromatic carbocycles. The van der Waals surface area contributed by atoms with Gasteiger partial charge in [0.15, 0.2) is 0 Å². The number of halogens is 1. The van der Waals surface area contributed by atoms with E-state index in [9.17, 15) is 14.4 Å². The van der Waals surface area contributed by atoms with Crippen LogP contribution in [0.15, 0.2) is 12.4 Å². The molecule has 1 unspecified atom stereocenters. The van der Waals surface area contributed by atoms with Crippen molar-refractivity contribution in [3.8, 4) is 0 Å². The Morgan fingerprint density at radius 1 is 1.37 bits per heavy atom. The van der Waals surface area contributed by atoms with E-state index in [1.165, 1.54) is 0 Å². The van der Waals surface area contributed by atoms with Gasteiger partial charge in [0.25, 0.3) is 5.91 Å². The Bertz CT molecular complexity index is 491. The fourth-order valence-electron chi connectivity index (χ4n) is 1.21. The summed E-state index contributed by atoms with van der Waals surface area (Å²) in [6.07, 6.45) is 2.03. The van der Waals surface area contributed by atoms with Gasteiger partial charge in [-0.25, -0.2) is 14.8 Å². The van der Waals surface area contributed by atoms with Crippen LogP contribution >= 0.6 is 11.6 Å². The van der Waals surface area contributed by atoms with E-state index >= 15 is 0 Å². The minimum atomic E-state index is -1.27. The zero-order chi connectivity index (χ0) is 14.4. The monoisotopic (exact) mass is 286 g/mol. The number of hydrogen-bond acceptors (Lipinski definition) is 5. The number of nitrogens with two attached hydrogens (primary N) is 1. The van der Waals surface area contributed by atoms with Crippen LogP contribution in [-0.4, -0.2) is 38.9 Å². The van der Waals surface area contributed by atoms with Gasteiger partial charge in [-0.3, -0.25) is 9.59 Å². The normalized spacial score (nSPS) is 11.6. The van der Waals surface area contributed by atoms with E-state index < -0.39 is 23.8 Å². The van der Waals surface area contributed by atoms with Crippen LogP contribution in [-0.2, 0) is 9.59 Å². The number of aliphatic carboxylic acids is 1. The first kappa shape index (κ1) is 14.8. The number of nitrogens with zero attached hydrogens (tertiary/aromatic N) is 2. The maximum atomic E-state index is 11.7. The highest BCUT2D eigenvalue weighted by molar-refractivity contribution is 6.29. The highest BCUT2D eigenvalue weighted by Crippen LogP contribution is 2.03. The summed E-state index contributed by atoms with van der Waals surface area (Å²) in [7, 11) is 0. The van der Waals surface area contributed by atoms with Gasteiger partial charge < -0.3 is 16.2 Å². The maximum Gasteiger partial charge on any atom is 0.326 e. The van der Waals surface area contributed by atoms with Gasteiger partial charge in [-0.1, -0.05) is 11.6 Å². The Morgan fingerprint density at radius 2 is 2.05 bits per heavy atom. The summed E-state index contributed by atoms with van der Waals surface area (Å²) >= 11 is 5.51. The standard InChI is InChI=1S/C10H11ClN4O4/c11-7-4-13-6(3-14-7)9(17)15-5(10(18)19)1-2-8(12)16/h3-5H,1-2H2,(H2,12,16)(H,15,17)(H,18,19). The molecule has 1 heterocycles. The van der Waals surface area contributed by atoms with Crippen molar-refractivity contribution in [2.24, 2.45) is 5.73 Å². The third-order valence-electron chi connectivity index (χ3n) is 2.14. The topological polar surface area (TPSA) is 135 Å². The average Bonchev–Trinajstić information content (AvgIpc) is 2.34. The van der Waals surface area contributed by atoms with Crippen molar-refractivity contribution in [2.75, 3.05) is 0 Å². The molecule has 19 heavy (non-hydrogen) atoms. The fourth-order valence-corrected chi connectivity index (χ4v) is 1.30. The number of amides is 2. The fraction of sp³-hybridized carbons (Fsp3) is 0.300. The molecule has 0 aliphatic heterocycles. The van der Waals surface area contributed by atoms with Crippen LogP contribution in [0, 0.1) is 0 Å². The third-order valence-corrected chi connectivity index (χ3v) is 2.33. The zero-order valence-electron chi connectivity index (χ0n) is 9.67. The lowest BCUT2D eigenvalue weighted by molar-refractivity contribution is -0.139. The summed E-state index contributed by atoms with van der Waals surface area (Å²) < 4.78 is 0. The van der Waals surface area contributed by atoms with Gasteiger partial charge in [0.05, 0.1) is 12.4 Å². The number of carbonyl (C=O) groups is 3. The lowest BCUT2D eigenvalue weighted by Gasteiger charge is -2.13. The van der Waals surface area contributed by atoms with E-state index in [0.717, 1.165) is 12.4 Å². The first-order valence-corrected chi connectivity index (χ1v) is 5.57. The van der Waals surface area contributed by atoms with Crippen LogP contribution in [0.25, 0.3) is 0 Å². The molecule has 0 radical (unpaired) electrons. The van der Waals surface area contributed by atoms with Crippen LogP contribution in [0.2, 0.25) is 5.15 Å². The van der Waals surface area contributed by atoms with E-state index in [-0.39, 0.29) is 23.7 Å². The summed E-state index contributed by atoms with van der Waals surface area (Å²) in [6, 6.07) is -1.22. The van der Waals surface area contributed by atoms with Crippen LogP contribution < -0.4 is 11.1 Å². The molecule has 1 aromatic rings. The Hall–Kier alpha value is -2.22. The number of carbonyl (C=O) groups excluding carboxylic acids is 2. The van der Waals surface area contributed by atoms with E-state index in [2.05, 4.69) is 15.3 Å². The van der Waals surface area contributed by atoms with Crippen LogP contribution in [0.4, 0.5) is 0 Å². The smallest absolute Gasteiger partial charge is 0.326 e. The van der Waals surface area contributed by atoms with Gasteiger partial charge in [-0.05, 0) is 6.42 Å². The Kier molecular flexibility index (Phi) is 5.19. The lowest BCUT2D eigenvalue weighted by Crippen LogP contribution is -2.41.